The maximum atomic E-state index is 12.5. The third-order valence-corrected chi connectivity index (χ3v) is 4.10. The first-order chi connectivity index (χ1) is 11.9. The molecular formula is C18H21N5O2. The Hall–Kier alpha value is -2.96. The number of fused-ring (bicyclic) bond motifs is 1. The molecule has 3 aromatic rings. The molecule has 3 rings (SSSR count). The molecule has 0 fully saturated rings. The SMILES string of the molecule is Cc1ccc2oc(NCC(C)N(C)C(=O)c3cc(C)ncn3)nc2c1. The van der Waals surface area contributed by atoms with Crippen molar-refractivity contribution in [3.05, 3.63) is 47.5 Å². The molecule has 0 aliphatic carbocycles. The first kappa shape index (κ1) is 16.9. The number of amides is 1. The Bertz CT molecular complexity index is 905. The van der Waals surface area contributed by atoms with Gasteiger partial charge in [-0.15, -0.1) is 0 Å². The minimum atomic E-state index is -0.145. The Kier molecular flexibility index (Phi) is 4.65. The van der Waals surface area contributed by atoms with Gasteiger partial charge in [-0.1, -0.05) is 6.07 Å². The molecule has 0 saturated carbocycles. The maximum Gasteiger partial charge on any atom is 0.295 e. The molecule has 1 N–H and O–H groups in total. The molecule has 7 heteroatoms. The minimum Gasteiger partial charge on any atom is -0.424 e. The highest BCUT2D eigenvalue weighted by Gasteiger charge is 2.19. The van der Waals surface area contributed by atoms with Gasteiger partial charge in [0.1, 0.15) is 17.5 Å². The lowest BCUT2D eigenvalue weighted by Crippen LogP contribution is -2.39. The van der Waals surface area contributed by atoms with Crippen LogP contribution < -0.4 is 5.32 Å². The first-order valence-electron chi connectivity index (χ1n) is 8.11. The number of rotatable bonds is 5. The standard InChI is InChI=1S/C18H21N5O2/c1-11-5-6-16-14(7-11)22-18(25-16)19-9-13(3)23(4)17(24)15-8-12(2)20-10-21-15/h5-8,10,13H,9H2,1-4H3,(H,19,22). The summed E-state index contributed by atoms with van der Waals surface area (Å²) in [6.07, 6.45) is 1.40. The van der Waals surface area contributed by atoms with E-state index in [0.717, 1.165) is 22.4 Å². The summed E-state index contributed by atoms with van der Waals surface area (Å²) in [7, 11) is 1.75. The molecule has 2 heterocycles. The van der Waals surface area contributed by atoms with Crippen LogP contribution in [-0.4, -0.2) is 45.4 Å². The number of nitrogens with one attached hydrogen (secondary N) is 1. The predicted molar refractivity (Wildman–Crippen MR) is 95.6 cm³/mol. The fourth-order valence-electron chi connectivity index (χ4n) is 2.44. The summed E-state index contributed by atoms with van der Waals surface area (Å²) in [5.74, 6) is -0.145. The third kappa shape index (κ3) is 3.76. The van der Waals surface area contributed by atoms with Crippen molar-refractivity contribution in [1.82, 2.24) is 19.9 Å². The normalized spacial score (nSPS) is 12.2. The number of carbonyl (C=O) groups excluding carboxylic acids is 1. The quantitative estimate of drug-likeness (QED) is 0.769. The summed E-state index contributed by atoms with van der Waals surface area (Å²) >= 11 is 0. The van der Waals surface area contributed by atoms with E-state index >= 15 is 0 Å². The maximum absolute atomic E-state index is 12.5. The van der Waals surface area contributed by atoms with Crippen LogP contribution in [0.4, 0.5) is 6.01 Å². The molecule has 0 spiro atoms. The number of aryl methyl sites for hydroxylation is 2. The predicted octanol–water partition coefficient (Wildman–Crippen LogP) is 2.81. The Morgan fingerprint density at radius 1 is 1.28 bits per heavy atom. The van der Waals surface area contributed by atoms with Crippen LogP contribution in [0.5, 0.6) is 0 Å². The van der Waals surface area contributed by atoms with Gasteiger partial charge >= 0.3 is 0 Å². The van der Waals surface area contributed by atoms with Gasteiger partial charge in [-0.05, 0) is 44.5 Å². The summed E-state index contributed by atoms with van der Waals surface area (Å²) in [6, 6.07) is 7.92. The van der Waals surface area contributed by atoms with Gasteiger partial charge in [-0.25, -0.2) is 9.97 Å². The average Bonchev–Trinajstić information content (AvgIpc) is 3.00. The van der Waals surface area contributed by atoms with Crippen LogP contribution in [0.15, 0.2) is 35.0 Å². The molecule has 0 saturated heterocycles. The van der Waals surface area contributed by atoms with Crippen molar-refractivity contribution < 1.29 is 9.21 Å². The van der Waals surface area contributed by atoms with Crippen molar-refractivity contribution in [1.29, 1.82) is 0 Å². The molecule has 0 radical (unpaired) electrons. The minimum absolute atomic E-state index is 0.0699. The third-order valence-electron chi connectivity index (χ3n) is 4.10. The second-order valence-corrected chi connectivity index (χ2v) is 6.18. The summed E-state index contributed by atoms with van der Waals surface area (Å²) in [6.45, 7) is 6.31. The number of nitrogens with zero attached hydrogens (tertiary/aromatic N) is 4. The van der Waals surface area contributed by atoms with Crippen molar-refractivity contribution in [3.8, 4) is 0 Å². The zero-order valence-corrected chi connectivity index (χ0v) is 14.8. The van der Waals surface area contributed by atoms with Crippen molar-refractivity contribution >= 4 is 23.0 Å². The molecular weight excluding hydrogens is 318 g/mol. The van der Waals surface area contributed by atoms with Crippen molar-refractivity contribution in [3.63, 3.8) is 0 Å². The number of anilines is 1. The smallest absolute Gasteiger partial charge is 0.295 e. The molecule has 7 nitrogen and oxygen atoms in total. The van der Waals surface area contributed by atoms with Crippen molar-refractivity contribution in [2.75, 3.05) is 18.9 Å². The first-order valence-corrected chi connectivity index (χ1v) is 8.11. The van der Waals surface area contributed by atoms with E-state index in [1.165, 1.54) is 6.33 Å². The van der Waals surface area contributed by atoms with E-state index in [1.54, 1.807) is 18.0 Å². The zero-order chi connectivity index (χ0) is 18.0. The van der Waals surface area contributed by atoms with Crippen LogP contribution in [0.3, 0.4) is 0 Å². The molecule has 0 bridgehead atoms. The molecule has 25 heavy (non-hydrogen) atoms. The lowest BCUT2D eigenvalue weighted by Gasteiger charge is -2.24. The number of hydrogen-bond donors (Lipinski definition) is 1. The topological polar surface area (TPSA) is 84.2 Å². The number of oxazole rings is 1. The average molecular weight is 339 g/mol. The number of hydrogen-bond acceptors (Lipinski definition) is 6. The van der Waals surface area contributed by atoms with Gasteiger partial charge in [-0.3, -0.25) is 4.79 Å². The monoisotopic (exact) mass is 339 g/mol. The zero-order valence-electron chi connectivity index (χ0n) is 14.8. The molecule has 130 valence electrons. The summed E-state index contributed by atoms with van der Waals surface area (Å²) in [5.41, 5.74) is 3.84. The summed E-state index contributed by atoms with van der Waals surface area (Å²) in [4.78, 5) is 26.6. The lowest BCUT2D eigenvalue weighted by molar-refractivity contribution is 0.0744. The number of likely N-dealkylation sites (N-methyl/N-ethyl adjacent to an activating group) is 1. The van der Waals surface area contributed by atoms with Crippen molar-refractivity contribution in [2.24, 2.45) is 0 Å². The number of carbonyl (C=O) groups is 1. The summed E-state index contributed by atoms with van der Waals surface area (Å²) < 4.78 is 5.67. The van der Waals surface area contributed by atoms with Crippen LogP contribution in [0.1, 0.15) is 28.7 Å². The second-order valence-electron chi connectivity index (χ2n) is 6.18. The Morgan fingerprint density at radius 3 is 2.84 bits per heavy atom. The van der Waals surface area contributed by atoms with Gasteiger partial charge < -0.3 is 14.6 Å². The van der Waals surface area contributed by atoms with E-state index in [2.05, 4.69) is 20.3 Å². The number of aromatic nitrogens is 3. The molecule has 1 amide bonds. The molecule has 1 atom stereocenters. The highest BCUT2D eigenvalue weighted by Crippen LogP contribution is 2.20. The van der Waals surface area contributed by atoms with E-state index < -0.39 is 0 Å². The van der Waals surface area contributed by atoms with E-state index in [4.69, 9.17) is 4.42 Å². The van der Waals surface area contributed by atoms with Gasteiger partial charge in [0.15, 0.2) is 5.58 Å². The van der Waals surface area contributed by atoms with Gasteiger partial charge in [0.25, 0.3) is 11.9 Å². The fraction of sp³-hybridized carbons (Fsp3) is 0.333. The van der Waals surface area contributed by atoms with Crippen LogP contribution in [0.25, 0.3) is 11.1 Å². The Morgan fingerprint density at radius 2 is 2.08 bits per heavy atom. The number of benzene rings is 1. The Labute approximate surface area is 146 Å². The van der Waals surface area contributed by atoms with Crippen LogP contribution in [0.2, 0.25) is 0 Å². The largest absolute Gasteiger partial charge is 0.424 e. The van der Waals surface area contributed by atoms with Crippen LogP contribution in [-0.2, 0) is 0 Å². The highest BCUT2D eigenvalue weighted by molar-refractivity contribution is 5.92. The highest BCUT2D eigenvalue weighted by atomic mass is 16.4. The van der Waals surface area contributed by atoms with Crippen molar-refractivity contribution in [2.45, 2.75) is 26.8 Å². The molecule has 1 aromatic carbocycles. The van der Waals surface area contributed by atoms with Gasteiger partial charge in [-0.2, -0.15) is 4.98 Å². The summed E-state index contributed by atoms with van der Waals surface area (Å²) in [5, 5.41) is 3.15. The van der Waals surface area contributed by atoms with E-state index in [9.17, 15) is 4.79 Å². The molecule has 0 aliphatic rings. The lowest BCUT2D eigenvalue weighted by atomic mass is 10.2. The van der Waals surface area contributed by atoms with Crippen LogP contribution >= 0.6 is 0 Å². The van der Waals surface area contributed by atoms with E-state index in [-0.39, 0.29) is 11.9 Å². The van der Waals surface area contributed by atoms with Gasteiger partial charge in [0.2, 0.25) is 0 Å². The van der Waals surface area contributed by atoms with Gasteiger partial charge in [0, 0.05) is 25.3 Å². The van der Waals surface area contributed by atoms with E-state index in [0.29, 0.717) is 18.3 Å². The van der Waals surface area contributed by atoms with E-state index in [1.807, 2.05) is 39.0 Å². The molecule has 2 aromatic heterocycles. The fourth-order valence-corrected chi connectivity index (χ4v) is 2.44. The van der Waals surface area contributed by atoms with Crippen LogP contribution in [0, 0.1) is 13.8 Å². The second kappa shape index (κ2) is 6.88. The van der Waals surface area contributed by atoms with Gasteiger partial charge in [0.05, 0.1) is 0 Å². The molecule has 0 aliphatic heterocycles. The Balaban J connectivity index is 1.64. The molecule has 1 unspecified atom stereocenters.